The van der Waals surface area contributed by atoms with Gasteiger partial charge in [-0.05, 0) is 92.9 Å². The van der Waals surface area contributed by atoms with Gasteiger partial charge in [0.1, 0.15) is 0 Å². The summed E-state index contributed by atoms with van der Waals surface area (Å²) in [6.45, 7) is 2.17. The van der Waals surface area contributed by atoms with Crippen molar-refractivity contribution in [3.8, 4) is 22.5 Å². The maximum Gasteiger partial charge on any atom is 0.179 e. The summed E-state index contributed by atoms with van der Waals surface area (Å²) in [6.07, 6.45) is 0. The number of nitrogens with zero attached hydrogens (tertiary/aromatic N) is 2. The molecule has 2 nitrogen and oxygen atoms in total. The molecule has 0 amide bonds. The van der Waals surface area contributed by atoms with Crippen LogP contribution in [0.1, 0.15) is 5.56 Å². The van der Waals surface area contributed by atoms with E-state index in [-0.39, 0.29) is 0 Å². The van der Waals surface area contributed by atoms with E-state index in [2.05, 4.69) is 241 Å². The lowest BCUT2D eigenvalue weighted by atomic mass is 10.0. The Morgan fingerprint density at radius 2 is 0.707 bits per heavy atom. The normalized spacial score (nSPS) is 11.9. The number of aryl methyl sites for hydroxylation is 1. The van der Waals surface area contributed by atoms with Crippen molar-refractivity contribution in [1.29, 1.82) is 0 Å². The molecule has 274 valence electrons. The Kier molecular flexibility index (Phi) is 8.09. The summed E-state index contributed by atoms with van der Waals surface area (Å²) in [5.41, 5.74) is 10.8. The zero-order valence-electron chi connectivity index (χ0n) is 32.3. The number of hydrogen-bond donors (Lipinski definition) is 0. The molecule has 2 aromatic heterocycles. The number of aromatic nitrogens is 2. The zero-order valence-corrected chi connectivity index (χ0v) is 33.3. The molecule has 2 heterocycles. The van der Waals surface area contributed by atoms with E-state index in [0.29, 0.717) is 0 Å². The lowest BCUT2D eigenvalue weighted by Crippen LogP contribution is -2.74. The molecule has 0 aliphatic heterocycles. The molecule has 0 bridgehead atoms. The molecule has 9 aromatic carbocycles. The van der Waals surface area contributed by atoms with Crippen LogP contribution < -0.4 is 20.7 Å². The minimum absolute atomic E-state index is 1.14. The van der Waals surface area contributed by atoms with Crippen molar-refractivity contribution in [2.24, 2.45) is 0 Å². The Morgan fingerprint density at radius 3 is 1.21 bits per heavy atom. The van der Waals surface area contributed by atoms with Gasteiger partial charge in [0, 0.05) is 32.9 Å². The third-order valence-corrected chi connectivity index (χ3v) is 16.9. The molecule has 0 aliphatic carbocycles. The van der Waals surface area contributed by atoms with Gasteiger partial charge >= 0.3 is 0 Å². The Morgan fingerprint density at radius 1 is 0.293 bits per heavy atom. The van der Waals surface area contributed by atoms with Crippen LogP contribution in [0.15, 0.2) is 224 Å². The van der Waals surface area contributed by atoms with Crippen molar-refractivity contribution in [2.75, 3.05) is 0 Å². The molecular formula is C55H40N2Si. The fourth-order valence-electron chi connectivity index (χ4n) is 9.55. The van der Waals surface area contributed by atoms with Crippen LogP contribution in [0, 0.1) is 6.92 Å². The number of rotatable bonds is 7. The molecule has 0 fully saturated rings. The SMILES string of the molecule is Cc1ccc2c3ccccc3n(-c3cccc(-c4cccc(-n5c6ccccc6c6ccc([Si](c7ccccc7)(c7ccccc7)c7ccccc7)cc65)c4)c3)c2c1. The fourth-order valence-corrected chi connectivity index (χ4v) is 14.3. The van der Waals surface area contributed by atoms with E-state index in [1.165, 1.54) is 81.0 Å². The first-order valence-corrected chi connectivity index (χ1v) is 22.1. The molecule has 0 atom stereocenters. The molecule has 11 rings (SSSR count). The number of para-hydroxylation sites is 2. The predicted octanol–water partition coefficient (Wildman–Crippen LogP) is 11.2. The van der Waals surface area contributed by atoms with Gasteiger partial charge in [-0.15, -0.1) is 0 Å². The summed E-state index contributed by atoms with van der Waals surface area (Å²) < 4.78 is 4.90. The standard InChI is InChI=1S/C55H40N2Si/c1-39-31-33-50-48-27-11-13-29-52(48)56(54(50)35-39)42-19-15-17-40(36-42)41-18-16-20-43(37-41)57-53-30-14-12-28-49(53)51-34-32-47(38-55(51)57)58(44-21-5-2-6-22-44,45-23-7-3-8-24-45)46-25-9-4-10-26-46/h2-38H,1H3. The van der Waals surface area contributed by atoms with Crippen molar-refractivity contribution in [2.45, 2.75) is 6.92 Å². The maximum absolute atomic E-state index is 2.74. The Bertz CT molecular complexity index is 3190. The minimum atomic E-state index is -2.74. The average Bonchev–Trinajstić information content (AvgIpc) is 3.80. The largest absolute Gasteiger partial charge is 0.309 e. The first kappa shape index (κ1) is 34.1. The highest BCUT2D eigenvalue weighted by Gasteiger charge is 2.41. The number of fused-ring (bicyclic) bond motifs is 6. The summed E-state index contributed by atoms with van der Waals surface area (Å²) in [6, 6.07) is 83.4. The first-order valence-electron chi connectivity index (χ1n) is 20.1. The van der Waals surface area contributed by atoms with Gasteiger partial charge in [0.05, 0.1) is 22.1 Å². The van der Waals surface area contributed by atoms with Crippen molar-refractivity contribution in [1.82, 2.24) is 9.13 Å². The summed E-state index contributed by atoms with van der Waals surface area (Å²) in [5, 5.41) is 10.5. The molecule has 0 saturated heterocycles. The van der Waals surface area contributed by atoms with Gasteiger partial charge in [-0.3, -0.25) is 0 Å². The topological polar surface area (TPSA) is 9.86 Å². The van der Waals surface area contributed by atoms with E-state index in [1.807, 2.05) is 0 Å². The zero-order chi connectivity index (χ0) is 38.6. The molecular weight excluding hydrogens is 717 g/mol. The summed E-state index contributed by atoms with van der Waals surface area (Å²) in [5.74, 6) is 0. The molecule has 0 saturated carbocycles. The fraction of sp³-hybridized carbons (Fsp3) is 0.0182. The second kappa shape index (κ2) is 13.8. The number of hydrogen-bond acceptors (Lipinski definition) is 0. The number of benzene rings is 9. The maximum atomic E-state index is 2.51. The first-order chi connectivity index (χ1) is 28.7. The lowest BCUT2D eigenvalue weighted by molar-refractivity contribution is 1.17. The predicted molar refractivity (Wildman–Crippen MR) is 249 cm³/mol. The van der Waals surface area contributed by atoms with Crippen LogP contribution in [0.25, 0.3) is 66.1 Å². The van der Waals surface area contributed by atoms with Gasteiger partial charge in [-0.1, -0.05) is 176 Å². The van der Waals surface area contributed by atoms with Crippen LogP contribution in [0.2, 0.25) is 0 Å². The van der Waals surface area contributed by atoms with E-state index >= 15 is 0 Å². The van der Waals surface area contributed by atoms with Gasteiger partial charge < -0.3 is 9.13 Å². The van der Waals surface area contributed by atoms with E-state index in [9.17, 15) is 0 Å². The van der Waals surface area contributed by atoms with Crippen molar-refractivity contribution >= 4 is 72.4 Å². The molecule has 11 aromatic rings. The van der Waals surface area contributed by atoms with Gasteiger partial charge in [-0.25, -0.2) is 0 Å². The highest BCUT2D eigenvalue weighted by molar-refractivity contribution is 7.20. The third kappa shape index (κ3) is 5.32. The van der Waals surface area contributed by atoms with Crippen LogP contribution in [0.4, 0.5) is 0 Å². The highest BCUT2D eigenvalue weighted by Crippen LogP contribution is 2.36. The van der Waals surface area contributed by atoms with Gasteiger partial charge in [-0.2, -0.15) is 0 Å². The molecule has 0 unspecified atom stereocenters. The summed E-state index contributed by atoms with van der Waals surface area (Å²) in [7, 11) is -2.74. The van der Waals surface area contributed by atoms with Crippen molar-refractivity contribution < 1.29 is 0 Å². The molecule has 0 aliphatic rings. The average molecular weight is 757 g/mol. The monoisotopic (exact) mass is 756 g/mol. The van der Waals surface area contributed by atoms with Crippen LogP contribution in [-0.2, 0) is 0 Å². The van der Waals surface area contributed by atoms with Crippen molar-refractivity contribution in [3.63, 3.8) is 0 Å². The van der Waals surface area contributed by atoms with Gasteiger partial charge in [0.25, 0.3) is 0 Å². The quantitative estimate of drug-likeness (QED) is 0.113. The van der Waals surface area contributed by atoms with E-state index in [4.69, 9.17) is 0 Å². The molecule has 58 heavy (non-hydrogen) atoms. The van der Waals surface area contributed by atoms with E-state index in [1.54, 1.807) is 0 Å². The second-order valence-electron chi connectivity index (χ2n) is 15.4. The van der Waals surface area contributed by atoms with E-state index < -0.39 is 8.07 Å². The van der Waals surface area contributed by atoms with Gasteiger partial charge in [0.2, 0.25) is 0 Å². The Hall–Kier alpha value is -7.20. The summed E-state index contributed by atoms with van der Waals surface area (Å²) >= 11 is 0. The van der Waals surface area contributed by atoms with Crippen LogP contribution in [-0.4, -0.2) is 17.2 Å². The molecule has 3 heteroatoms. The minimum Gasteiger partial charge on any atom is -0.309 e. The van der Waals surface area contributed by atoms with E-state index in [0.717, 1.165) is 11.4 Å². The molecule has 0 radical (unpaired) electrons. The van der Waals surface area contributed by atoms with Crippen LogP contribution >= 0.6 is 0 Å². The molecule has 0 spiro atoms. The summed E-state index contributed by atoms with van der Waals surface area (Å²) in [4.78, 5) is 0. The smallest absolute Gasteiger partial charge is 0.179 e. The Balaban J connectivity index is 1.12. The van der Waals surface area contributed by atoms with Gasteiger partial charge in [0.15, 0.2) is 8.07 Å². The Labute approximate surface area is 339 Å². The van der Waals surface area contributed by atoms with Crippen LogP contribution in [0.5, 0.6) is 0 Å². The molecule has 0 N–H and O–H groups in total. The lowest BCUT2D eigenvalue weighted by Gasteiger charge is -2.34. The highest BCUT2D eigenvalue weighted by atomic mass is 28.3. The third-order valence-electron chi connectivity index (χ3n) is 12.1. The van der Waals surface area contributed by atoms with Crippen molar-refractivity contribution in [3.05, 3.63) is 230 Å². The second-order valence-corrected chi connectivity index (χ2v) is 19.2. The van der Waals surface area contributed by atoms with Crippen LogP contribution in [0.3, 0.4) is 0 Å².